The van der Waals surface area contributed by atoms with Crippen molar-refractivity contribution < 1.29 is 18.4 Å². The number of rotatable bonds is 5. The van der Waals surface area contributed by atoms with Gasteiger partial charge in [0.1, 0.15) is 17.7 Å². The lowest BCUT2D eigenvalue weighted by atomic mass is 10.1. The average Bonchev–Trinajstić information content (AvgIpc) is 3.41. The first kappa shape index (κ1) is 18.5. The molecule has 0 fully saturated rings. The summed E-state index contributed by atoms with van der Waals surface area (Å²) in [5, 5.41) is 4.10. The molecule has 1 unspecified atom stereocenters. The van der Waals surface area contributed by atoms with Gasteiger partial charge in [-0.05, 0) is 36.8 Å². The summed E-state index contributed by atoms with van der Waals surface area (Å²) in [5.41, 5.74) is 3.20. The van der Waals surface area contributed by atoms with Gasteiger partial charge in [0.05, 0.1) is 31.8 Å². The fraction of sp³-hybridized carbons (Fsp3) is 0.227. The van der Waals surface area contributed by atoms with Crippen LogP contribution in [0.25, 0.3) is 23.0 Å². The molecule has 4 aromatic rings. The van der Waals surface area contributed by atoms with Gasteiger partial charge in [0.25, 0.3) is 5.89 Å². The van der Waals surface area contributed by atoms with Crippen LogP contribution < -0.4 is 4.74 Å². The van der Waals surface area contributed by atoms with Crippen molar-refractivity contribution in [2.45, 2.75) is 26.2 Å². The van der Waals surface area contributed by atoms with Gasteiger partial charge in [-0.1, -0.05) is 29.4 Å². The Labute approximate surface area is 172 Å². The zero-order valence-corrected chi connectivity index (χ0v) is 16.3. The van der Waals surface area contributed by atoms with Crippen LogP contribution in [0.2, 0.25) is 0 Å². The van der Waals surface area contributed by atoms with Crippen LogP contribution in [-0.2, 0) is 17.9 Å². The minimum absolute atomic E-state index is 0.167. The fourth-order valence-corrected chi connectivity index (χ4v) is 3.51. The maximum absolute atomic E-state index is 13.2. The van der Waals surface area contributed by atoms with Gasteiger partial charge >= 0.3 is 0 Å². The third-order valence-electron chi connectivity index (χ3n) is 5.00. The lowest BCUT2D eigenvalue weighted by molar-refractivity contribution is 0.00326. The van der Waals surface area contributed by atoms with Crippen molar-refractivity contribution in [3.63, 3.8) is 0 Å². The molecular weight excluding hydrogens is 387 g/mol. The van der Waals surface area contributed by atoms with Crippen molar-refractivity contribution in [2.24, 2.45) is 0 Å². The second-order valence-corrected chi connectivity index (χ2v) is 6.93. The van der Waals surface area contributed by atoms with Crippen molar-refractivity contribution in [1.29, 1.82) is 0 Å². The first-order chi connectivity index (χ1) is 14.7. The molecule has 152 valence electrons. The molecule has 0 saturated carbocycles. The third-order valence-corrected chi connectivity index (χ3v) is 5.00. The zero-order valence-electron chi connectivity index (χ0n) is 16.3. The van der Waals surface area contributed by atoms with E-state index in [-0.39, 0.29) is 11.9 Å². The average molecular weight is 406 g/mol. The van der Waals surface area contributed by atoms with Crippen LogP contribution in [0, 0.1) is 5.82 Å². The number of benzene rings is 2. The Hall–Kier alpha value is -3.52. The molecular formula is C22H19FN4O3. The van der Waals surface area contributed by atoms with E-state index in [1.807, 2.05) is 35.8 Å². The normalized spacial score (nSPS) is 15.7. The molecule has 1 aliphatic rings. The Morgan fingerprint density at radius 2 is 2.07 bits per heavy atom. The Morgan fingerprint density at radius 1 is 1.20 bits per heavy atom. The number of hydrogen-bond acceptors (Lipinski definition) is 6. The highest BCUT2D eigenvalue weighted by atomic mass is 19.1. The molecule has 0 spiro atoms. The van der Waals surface area contributed by atoms with Gasteiger partial charge < -0.3 is 18.6 Å². The van der Waals surface area contributed by atoms with Crippen LogP contribution in [0.1, 0.15) is 24.3 Å². The summed E-state index contributed by atoms with van der Waals surface area (Å²) in [5.74, 6) is 1.29. The van der Waals surface area contributed by atoms with Crippen molar-refractivity contribution >= 4 is 0 Å². The van der Waals surface area contributed by atoms with Gasteiger partial charge in [-0.25, -0.2) is 9.37 Å². The minimum Gasteiger partial charge on any atom is -0.494 e. The molecule has 0 N–H and O–H groups in total. The third kappa shape index (κ3) is 3.46. The molecule has 0 radical (unpaired) electrons. The summed E-state index contributed by atoms with van der Waals surface area (Å²) >= 11 is 0. The van der Waals surface area contributed by atoms with E-state index in [4.69, 9.17) is 14.0 Å². The minimum atomic E-state index is -0.265. The number of halogens is 1. The molecule has 5 rings (SSSR count). The number of fused-ring (bicyclic) bond motifs is 1. The lowest BCUT2D eigenvalue weighted by Gasteiger charge is -2.25. The van der Waals surface area contributed by atoms with E-state index in [1.165, 1.54) is 12.1 Å². The van der Waals surface area contributed by atoms with Gasteiger partial charge in [-0.2, -0.15) is 4.98 Å². The summed E-state index contributed by atoms with van der Waals surface area (Å²) in [6.07, 6.45) is 1.57. The molecule has 8 heteroatoms. The first-order valence-corrected chi connectivity index (χ1v) is 9.69. The Morgan fingerprint density at radius 3 is 2.90 bits per heavy atom. The quantitative estimate of drug-likeness (QED) is 0.489. The van der Waals surface area contributed by atoms with Crippen LogP contribution in [0.15, 0.2) is 59.4 Å². The number of nitrogens with zero attached hydrogens (tertiary/aromatic N) is 4. The van der Waals surface area contributed by atoms with Gasteiger partial charge in [0.15, 0.2) is 5.69 Å². The molecule has 7 nitrogen and oxygen atoms in total. The van der Waals surface area contributed by atoms with Gasteiger partial charge in [0.2, 0.25) is 5.82 Å². The van der Waals surface area contributed by atoms with Crippen LogP contribution in [0.3, 0.4) is 0 Å². The highest BCUT2D eigenvalue weighted by Crippen LogP contribution is 2.32. The second-order valence-electron chi connectivity index (χ2n) is 6.93. The summed E-state index contributed by atoms with van der Waals surface area (Å²) in [6, 6.07) is 13.9. The van der Waals surface area contributed by atoms with Crippen LogP contribution in [0.4, 0.5) is 4.39 Å². The Bertz CT molecular complexity index is 1170. The van der Waals surface area contributed by atoms with E-state index in [0.717, 1.165) is 22.6 Å². The molecule has 0 bridgehead atoms. The molecule has 3 heterocycles. The summed E-state index contributed by atoms with van der Waals surface area (Å²) in [7, 11) is 0. The molecule has 2 aromatic heterocycles. The standard InChI is InChI=1S/C22H19FN4O3/c1-2-28-17-5-3-4-15(10-17)21-25-22(30-26-21)20-18-12-29-19(11-27(18)13-24-20)14-6-8-16(23)9-7-14/h3-10,13,19H,2,11-12H2,1H3. The number of hydrogen-bond donors (Lipinski definition) is 0. The molecule has 1 atom stereocenters. The van der Waals surface area contributed by atoms with E-state index >= 15 is 0 Å². The molecule has 0 saturated heterocycles. The van der Waals surface area contributed by atoms with Crippen LogP contribution in [0.5, 0.6) is 5.75 Å². The SMILES string of the molecule is CCOc1cccc(-c2noc(-c3ncn4c3COC(c3ccc(F)cc3)C4)n2)c1. The summed E-state index contributed by atoms with van der Waals surface area (Å²) < 4.78 is 32.2. The molecule has 0 amide bonds. The highest BCUT2D eigenvalue weighted by Gasteiger charge is 2.26. The Balaban J connectivity index is 1.39. The van der Waals surface area contributed by atoms with Gasteiger partial charge in [-0.3, -0.25) is 0 Å². The van der Waals surface area contributed by atoms with E-state index < -0.39 is 0 Å². The molecule has 30 heavy (non-hydrogen) atoms. The fourth-order valence-electron chi connectivity index (χ4n) is 3.51. The van der Waals surface area contributed by atoms with Crippen molar-refractivity contribution in [3.05, 3.63) is 71.9 Å². The Kier molecular flexibility index (Phi) is 4.76. The van der Waals surface area contributed by atoms with E-state index in [9.17, 15) is 4.39 Å². The monoisotopic (exact) mass is 406 g/mol. The van der Waals surface area contributed by atoms with Gasteiger partial charge in [0, 0.05) is 5.56 Å². The van der Waals surface area contributed by atoms with Crippen LogP contribution >= 0.6 is 0 Å². The molecule has 2 aromatic carbocycles. The predicted octanol–water partition coefficient (Wildman–Crippen LogP) is 4.41. The molecule has 0 aliphatic carbocycles. The largest absolute Gasteiger partial charge is 0.494 e. The summed E-state index contributed by atoms with van der Waals surface area (Å²) in [6.45, 7) is 3.44. The zero-order chi connectivity index (χ0) is 20.5. The summed E-state index contributed by atoms with van der Waals surface area (Å²) in [4.78, 5) is 8.98. The number of imidazole rings is 1. The van der Waals surface area contributed by atoms with Crippen molar-refractivity contribution in [1.82, 2.24) is 19.7 Å². The lowest BCUT2D eigenvalue weighted by Crippen LogP contribution is -2.20. The van der Waals surface area contributed by atoms with Crippen molar-refractivity contribution in [2.75, 3.05) is 6.61 Å². The van der Waals surface area contributed by atoms with E-state index in [0.29, 0.717) is 37.2 Å². The van der Waals surface area contributed by atoms with Gasteiger partial charge in [-0.15, -0.1) is 0 Å². The maximum Gasteiger partial charge on any atom is 0.278 e. The second kappa shape index (κ2) is 7.72. The number of ether oxygens (including phenoxy) is 2. The van der Waals surface area contributed by atoms with E-state index in [2.05, 4.69) is 15.1 Å². The topological polar surface area (TPSA) is 75.2 Å². The highest BCUT2D eigenvalue weighted by molar-refractivity contribution is 5.60. The number of aromatic nitrogens is 4. The van der Waals surface area contributed by atoms with Crippen LogP contribution in [-0.4, -0.2) is 26.3 Å². The molecule has 1 aliphatic heterocycles. The smallest absolute Gasteiger partial charge is 0.278 e. The maximum atomic E-state index is 13.2. The predicted molar refractivity (Wildman–Crippen MR) is 106 cm³/mol. The van der Waals surface area contributed by atoms with Crippen molar-refractivity contribution in [3.8, 4) is 28.7 Å². The first-order valence-electron chi connectivity index (χ1n) is 9.69. The van der Waals surface area contributed by atoms with E-state index in [1.54, 1.807) is 18.5 Å².